The van der Waals surface area contributed by atoms with Gasteiger partial charge in [-0.3, -0.25) is 0 Å². The van der Waals surface area contributed by atoms with Crippen molar-refractivity contribution in [2.75, 3.05) is 0 Å². The first-order valence-electron chi connectivity index (χ1n) is 3.99. The predicted molar refractivity (Wildman–Crippen MR) is 49.7 cm³/mol. The molecule has 0 aliphatic rings. The zero-order chi connectivity index (χ0) is 8.72. The Hall–Kier alpha value is -0.900. The molecule has 0 atom stereocenters. The van der Waals surface area contributed by atoms with Crippen molar-refractivity contribution in [1.82, 2.24) is 14.6 Å². The van der Waals surface area contributed by atoms with Gasteiger partial charge in [-0.25, -0.2) is 9.50 Å². The second-order valence-corrected chi connectivity index (χ2v) is 4.31. The van der Waals surface area contributed by atoms with Crippen molar-refractivity contribution in [1.29, 1.82) is 0 Å². The summed E-state index contributed by atoms with van der Waals surface area (Å²) >= 11 is 1.63. The molecule has 2 aromatic heterocycles. The summed E-state index contributed by atoms with van der Waals surface area (Å²) < 4.78 is 1.94. The second kappa shape index (κ2) is 2.55. The molecule has 0 aliphatic carbocycles. The molecule has 0 spiro atoms. The van der Waals surface area contributed by atoms with Crippen LogP contribution in [0.3, 0.4) is 0 Å². The minimum Gasteiger partial charge on any atom is -0.226 e. The van der Waals surface area contributed by atoms with E-state index in [2.05, 4.69) is 23.9 Å². The van der Waals surface area contributed by atoms with E-state index < -0.39 is 0 Å². The van der Waals surface area contributed by atoms with Gasteiger partial charge in [0, 0.05) is 0 Å². The lowest BCUT2D eigenvalue weighted by atomic mass is 10.2. The SMILES string of the molecule is Cc1nn2c(C(C)C)cnc2s1. The van der Waals surface area contributed by atoms with Gasteiger partial charge in [-0.2, -0.15) is 5.10 Å². The molecular formula is C8H11N3S. The van der Waals surface area contributed by atoms with Gasteiger partial charge in [0.05, 0.1) is 11.9 Å². The summed E-state index contributed by atoms with van der Waals surface area (Å²) in [6.45, 7) is 6.31. The molecule has 0 saturated heterocycles. The average molecular weight is 181 g/mol. The Morgan fingerprint density at radius 3 is 2.92 bits per heavy atom. The zero-order valence-electron chi connectivity index (χ0n) is 7.40. The third-order valence-electron chi connectivity index (χ3n) is 1.80. The maximum absolute atomic E-state index is 4.37. The number of hydrogen-bond donors (Lipinski definition) is 0. The molecule has 0 radical (unpaired) electrons. The predicted octanol–water partition coefficient (Wildman–Crippen LogP) is 2.22. The van der Waals surface area contributed by atoms with E-state index >= 15 is 0 Å². The largest absolute Gasteiger partial charge is 0.226 e. The lowest BCUT2D eigenvalue weighted by Gasteiger charge is -1.99. The number of rotatable bonds is 1. The van der Waals surface area contributed by atoms with Crippen LogP contribution in [-0.4, -0.2) is 14.6 Å². The Morgan fingerprint density at radius 1 is 1.50 bits per heavy atom. The lowest BCUT2D eigenvalue weighted by molar-refractivity contribution is 0.762. The smallest absolute Gasteiger partial charge is 0.212 e. The first-order chi connectivity index (χ1) is 5.68. The summed E-state index contributed by atoms with van der Waals surface area (Å²) in [4.78, 5) is 5.28. The number of imidazole rings is 1. The Balaban J connectivity index is 2.68. The molecule has 2 aromatic rings. The molecule has 0 N–H and O–H groups in total. The monoisotopic (exact) mass is 181 g/mol. The third kappa shape index (κ3) is 1.03. The first kappa shape index (κ1) is 7.73. The van der Waals surface area contributed by atoms with E-state index in [0.29, 0.717) is 5.92 Å². The molecular weight excluding hydrogens is 170 g/mol. The lowest BCUT2D eigenvalue weighted by Crippen LogP contribution is -1.95. The van der Waals surface area contributed by atoms with Gasteiger partial charge in [-0.15, -0.1) is 0 Å². The van der Waals surface area contributed by atoms with E-state index in [1.165, 1.54) is 5.69 Å². The van der Waals surface area contributed by atoms with E-state index in [0.717, 1.165) is 9.97 Å². The van der Waals surface area contributed by atoms with Crippen molar-refractivity contribution in [3.63, 3.8) is 0 Å². The minimum atomic E-state index is 0.487. The van der Waals surface area contributed by atoms with Crippen LogP contribution in [0.4, 0.5) is 0 Å². The van der Waals surface area contributed by atoms with Crippen molar-refractivity contribution in [3.8, 4) is 0 Å². The van der Waals surface area contributed by atoms with E-state index in [1.807, 2.05) is 17.6 Å². The van der Waals surface area contributed by atoms with Crippen LogP contribution in [0.25, 0.3) is 4.96 Å². The maximum Gasteiger partial charge on any atom is 0.212 e. The normalized spacial score (nSPS) is 11.7. The summed E-state index contributed by atoms with van der Waals surface area (Å²) in [6.07, 6.45) is 1.91. The van der Waals surface area contributed by atoms with Crippen LogP contribution in [0.2, 0.25) is 0 Å². The molecule has 3 nitrogen and oxygen atoms in total. The molecule has 2 heterocycles. The van der Waals surface area contributed by atoms with E-state index in [1.54, 1.807) is 11.3 Å². The molecule has 4 heteroatoms. The van der Waals surface area contributed by atoms with E-state index in [-0.39, 0.29) is 0 Å². The number of fused-ring (bicyclic) bond motifs is 1. The van der Waals surface area contributed by atoms with Crippen molar-refractivity contribution >= 4 is 16.3 Å². The minimum absolute atomic E-state index is 0.487. The number of hydrogen-bond acceptors (Lipinski definition) is 3. The highest BCUT2D eigenvalue weighted by atomic mass is 32.1. The van der Waals surface area contributed by atoms with Crippen LogP contribution in [0, 0.1) is 6.92 Å². The fourth-order valence-electron chi connectivity index (χ4n) is 1.20. The standard InChI is InChI=1S/C8H11N3S/c1-5(2)7-4-9-8-11(7)10-6(3)12-8/h4-5H,1-3H3. The summed E-state index contributed by atoms with van der Waals surface area (Å²) in [5.41, 5.74) is 1.19. The Morgan fingerprint density at radius 2 is 2.25 bits per heavy atom. The molecule has 0 bridgehead atoms. The highest BCUT2D eigenvalue weighted by Gasteiger charge is 2.09. The fraction of sp³-hybridized carbons (Fsp3) is 0.500. The van der Waals surface area contributed by atoms with E-state index in [4.69, 9.17) is 0 Å². The molecule has 64 valence electrons. The summed E-state index contributed by atoms with van der Waals surface area (Å²) in [6, 6.07) is 0. The Labute approximate surface area is 75.1 Å². The molecule has 0 amide bonds. The summed E-state index contributed by atoms with van der Waals surface area (Å²) in [7, 11) is 0. The molecule has 2 rings (SSSR count). The van der Waals surface area contributed by atoms with Gasteiger partial charge in [0.1, 0.15) is 5.01 Å². The van der Waals surface area contributed by atoms with Gasteiger partial charge in [0.25, 0.3) is 0 Å². The van der Waals surface area contributed by atoms with Crippen LogP contribution in [0.1, 0.15) is 30.5 Å². The highest BCUT2D eigenvalue weighted by molar-refractivity contribution is 7.16. The van der Waals surface area contributed by atoms with Crippen molar-refractivity contribution < 1.29 is 0 Å². The highest BCUT2D eigenvalue weighted by Crippen LogP contribution is 2.19. The molecule has 0 saturated carbocycles. The number of aromatic nitrogens is 3. The zero-order valence-corrected chi connectivity index (χ0v) is 8.22. The number of aryl methyl sites for hydroxylation is 1. The van der Waals surface area contributed by atoms with E-state index in [9.17, 15) is 0 Å². The van der Waals surface area contributed by atoms with Crippen molar-refractivity contribution in [2.45, 2.75) is 26.7 Å². The van der Waals surface area contributed by atoms with Crippen LogP contribution in [-0.2, 0) is 0 Å². The summed E-state index contributed by atoms with van der Waals surface area (Å²) in [5.74, 6) is 0.487. The van der Waals surface area contributed by atoms with Crippen molar-refractivity contribution in [2.24, 2.45) is 0 Å². The molecule has 12 heavy (non-hydrogen) atoms. The van der Waals surface area contributed by atoms with Crippen LogP contribution in [0.5, 0.6) is 0 Å². The van der Waals surface area contributed by atoms with Gasteiger partial charge in [-0.1, -0.05) is 25.2 Å². The quantitative estimate of drug-likeness (QED) is 0.675. The molecule has 0 fully saturated rings. The maximum atomic E-state index is 4.37. The molecule has 0 unspecified atom stereocenters. The fourth-order valence-corrected chi connectivity index (χ4v) is 1.92. The average Bonchev–Trinajstić information content (AvgIpc) is 2.43. The van der Waals surface area contributed by atoms with Gasteiger partial charge in [0.2, 0.25) is 4.96 Å². The van der Waals surface area contributed by atoms with Gasteiger partial charge >= 0.3 is 0 Å². The van der Waals surface area contributed by atoms with Gasteiger partial charge in [0.15, 0.2) is 0 Å². The van der Waals surface area contributed by atoms with Crippen molar-refractivity contribution in [3.05, 3.63) is 16.9 Å². The van der Waals surface area contributed by atoms with Gasteiger partial charge in [-0.05, 0) is 12.8 Å². The Bertz CT molecular complexity index is 399. The van der Waals surface area contributed by atoms with Crippen LogP contribution in [0.15, 0.2) is 6.20 Å². The first-order valence-corrected chi connectivity index (χ1v) is 4.81. The van der Waals surface area contributed by atoms with Crippen LogP contribution >= 0.6 is 11.3 Å². The number of nitrogens with zero attached hydrogens (tertiary/aromatic N) is 3. The Kier molecular flexibility index (Phi) is 1.65. The topological polar surface area (TPSA) is 30.2 Å². The molecule has 0 aliphatic heterocycles. The molecule has 0 aromatic carbocycles. The third-order valence-corrected chi connectivity index (χ3v) is 2.64. The van der Waals surface area contributed by atoms with Crippen LogP contribution < -0.4 is 0 Å². The van der Waals surface area contributed by atoms with Gasteiger partial charge < -0.3 is 0 Å². The second-order valence-electron chi connectivity index (χ2n) is 3.15. The summed E-state index contributed by atoms with van der Waals surface area (Å²) in [5, 5.41) is 5.44.